The van der Waals surface area contributed by atoms with Crippen molar-refractivity contribution in [2.75, 3.05) is 0 Å². The molecule has 8 heteroatoms. The third kappa shape index (κ3) is 3.05. The first-order valence-corrected chi connectivity index (χ1v) is 6.59. The third-order valence-corrected chi connectivity index (χ3v) is 3.23. The monoisotopic (exact) mass is 310 g/mol. The molecule has 8 nitrogen and oxygen atoms in total. The number of fused-ring (bicyclic) bond motifs is 1. The summed E-state index contributed by atoms with van der Waals surface area (Å²) in [6.07, 6.45) is 3.45. The van der Waals surface area contributed by atoms with Crippen molar-refractivity contribution in [2.24, 2.45) is 0 Å². The zero-order valence-electron chi connectivity index (χ0n) is 11.7. The second kappa shape index (κ2) is 5.68. The van der Waals surface area contributed by atoms with Gasteiger partial charge in [0.2, 0.25) is 0 Å². The summed E-state index contributed by atoms with van der Waals surface area (Å²) in [4.78, 5) is 27.7. The van der Waals surface area contributed by atoms with Gasteiger partial charge in [0.15, 0.2) is 0 Å². The van der Waals surface area contributed by atoms with E-state index < -0.39 is 9.85 Å². The van der Waals surface area contributed by atoms with Crippen molar-refractivity contribution in [1.29, 1.82) is 0 Å². The number of H-pyrrole nitrogens is 1. The van der Waals surface area contributed by atoms with Crippen LogP contribution in [0.3, 0.4) is 0 Å². The van der Waals surface area contributed by atoms with E-state index >= 15 is 0 Å². The number of nitro benzene ring substituents is 2. The van der Waals surface area contributed by atoms with Crippen LogP contribution in [-0.2, 0) is 0 Å². The Morgan fingerprint density at radius 3 is 2.22 bits per heavy atom. The van der Waals surface area contributed by atoms with Gasteiger partial charge in [0.25, 0.3) is 11.4 Å². The lowest BCUT2D eigenvalue weighted by atomic mass is 10.2. The van der Waals surface area contributed by atoms with Crippen molar-refractivity contribution in [3.63, 3.8) is 0 Å². The highest BCUT2D eigenvalue weighted by atomic mass is 16.6. The molecular weight excluding hydrogens is 300 g/mol. The predicted molar refractivity (Wildman–Crippen MR) is 84.8 cm³/mol. The molecule has 3 aromatic rings. The van der Waals surface area contributed by atoms with Gasteiger partial charge in [-0.2, -0.15) is 0 Å². The molecule has 0 saturated carbocycles. The van der Waals surface area contributed by atoms with Gasteiger partial charge in [-0.3, -0.25) is 20.2 Å². The summed E-state index contributed by atoms with van der Waals surface area (Å²) in [6.45, 7) is 0. The molecule has 0 aliphatic rings. The van der Waals surface area contributed by atoms with Gasteiger partial charge in [-0.25, -0.2) is 4.98 Å². The predicted octanol–water partition coefficient (Wildman–Crippen LogP) is 3.55. The number of rotatable bonds is 4. The minimum atomic E-state index is -0.466. The van der Waals surface area contributed by atoms with Crippen LogP contribution in [-0.4, -0.2) is 19.8 Å². The lowest BCUT2D eigenvalue weighted by Gasteiger charge is -1.93. The molecular formula is C15H10N4O4. The average molecular weight is 310 g/mol. The van der Waals surface area contributed by atoms with Crippen molar-refractivity contribution < 1.29 is 9.85 Å². The fourth-order valence-electron chi connectivity index (χ4n) is 2.09. The number of aromatic nitrogens is 2. The van der Waals surface area contributed by atoms with Gasteiger partial charge in [-0.15, -0.1) is 0 Å². The highest BCUT2D eigenvalue weighted by Gasteiger charge is 2.08. The Labute approximate surface area is 129 Å². The fraction of sp³-hybridized carbons (Fsp3) is 0. The van der Waals surface area contributed by atoms with Crippen LogP contribution in [0, 0.1) is 20.2 Å². The van der Waals surface area contributed by atoms with Crippen LogP contribution in [0.2, 0.25) is 0 Å². The Morgan fingerprint density at radius 1 is 0.913 bits per heavy atom. The molecule has 3 rings (SSSR count). The molecule has 114 valence electrons. The number of imidazole rings is 1. The van der Waals surface area contributed by atoms with Crippen LogP contribution in [0.15, 0.2) is 42.5 Å². The van der Waals surface area contributed by atoms with Crippen LogP contribution in [0.4, 0.5) is 11.4 Å². The van der Waals surface area contributed by atoms with E-state index in [0.29, 0.717) is 16.9 Å². The van der Waals surface area contributed by atoms with E-state index in [4.69, 9.17) is 0 Å². The summed E-state index contributed by atoms with van der Waals surface area (Å²) in [7, 11) is 0. The third-order valence-electron chi connectivity index (χ3n) is 3.23. The average Bonchev–Trinajstić information content (AvgIpc) is 2.95. The zero-order valence-corrected chi connectivity index (χ0v) is 11.7. The van der Waals surface area contributed by atoms with Crippen LogP contribution < -0.4 is 0 Å². The van der Waals surface area contributed by atoms with E-state index in [-0.39, 0.29) is 11.4 Å². The minimum Gasteiger partial charge on any atom is -0.338 e. The van der Waals surface area contributed by atoms with E-state index in [1.165, 1.54) is 24.3 Å². The number of non-ortho nitro benzene ring substituents is 2. The molecule has 0 fully saturated rings. The molecule has 0 bridgehead atoms. The molecule has 0 unspecified atom stereocenters. The molecule has 2 aromatic carbocycles. The van der Waals surface area contributed by atoms with Crippen LogP contribution in [0.5, 0.6) is 0 Å². The van der Waals surface area contributed by atoms with Gasteiger partial charge in [0, 0.05) is 24.3 Å². The van der Waals surface area contributed by atoms with E-state index in [1.54, 1.807) is 30.4 Å². The molecule has 0 radical (unpaired) electrons. The molecule has 0 amide bonds. The molecule has 0 aliphatic heterocycles. The Balaban J connectivity index is 1.85. The van der Waals surface area contributed by atoms with Crippen molar-refractivity contribution in [2.45, 2.75) is 0 Å². The van der Waals surface area contributed by atoms with Crippen molar-refractivity contribution in [1.82, 2.24) is 9.97 Å². The van der Waals surface area contributed by atoms with Gasteiger partial charge >= 0.3 is 0 Å². The summed E-state index contributed by atoms with van der Waals surface area (Å²) < 4.78 is 0. The molecule has 1 aromatic heterocycles. The molecule has 1 N–H and O–H groups in total. The Hall–Kier alpha value is -3.55. The normalized spacial score (nSPS) is 11.1. The van der Waals surface area contributed by atoms with Crippen molar-refractivity contribution >= 4 is 34.6 Å². The molecule has 0 saturated heterocycles. The van der Waals surface area contributed by atoms with Gasteiger partial charge in [0.1, 0.15) is 5.82 Å². The maximum Gasteiger partial charge on any atom is 0.271 e. The van der Waals surface area contributed by atoms with Crippen LogP contribution in [0.25, 0.3) is 23.2 Å². The van der Waals surface area contributed by atoms with Gasteiger partial charge < -0.3 is 4.98 Å². The smallest absolute Gasteiger partial charge is 0.271 e. The standard InChI is InChI=1S/C15H10N4O4/c20-18(21)11-4-1-10(2-5-11)3-8-15-16-13-7-6-12(19(22)23)9-14(13)17-15/h1-9H,(H,16,17)/b8-3+. The number of nitrogens with one attached hydrogen (secondary N) is 1. The van der Waals surface area contributed by atoms with E-state index in [2.05, 4.69) is 9.97 Å². The Kier molecular flexibility index (Phi) is 3.55. The topological polar surface area (TPSA) is 115 Å². The minimum absolute atomic E-state index is 0.00736. The number of nitrogens with zero attached hydrogens (tertiary/aromatic N) is 3. The highest BCUT2D eigenvalue weighted by molar-refractivity contribution is 5.80. The van der Waals surface area contributed by atoms with Gasteiger partial charge in [-0.1, -0.05) is 6.08 Å². The number of nitro groups is 2. The Bertz CT molecular complexity index is 928. The quantitative estimate of drug-likeness (QED) is 0.584. The van der Waals surface area contributed by atoms with E-state index in [1.807, 2.05) is 0 Å². The van der Waals surface area contributed by atoms with Crippen LogP contribution in [0.1, 0.15) is 11.4 Å². The first-order valence-electron chi connectivity index (χ1n) is 6.59. The summed E-state index contributed by atoms with van der Waals surface area (Å²) >= 11 is 0. The summed E-state index contributed by atoms with van der Waals surface area (Å²) in [6, 6.07) is 10.5. The fourth-order valence-corrected chi connectivity index (χ4v) is 2.09. The summed E-state index contributed by atoms with van der Waals surface area (Å²) in [5.74, 6) is 0.541. The van der Waals surface area contributed by atoms with E-state index in [9.17, 15) is 20.2 Å². The zero-order chi connectivity index (χ0) is 16.4. The number of benzene rings is 2. The Morgan fingerprint density at radius 2 is 1.57 bits per heavy atom. The second-order valence-electron chi connectivity index (χ2n) is 4.76. The maximum absolute atomic E-state index is 10.7. The first-order chi connectivity index (χ1) is 11.0. The largest absolute Gasteiger partial charge is 0.338 e. The van der Waals surface area contributed by atoms with Gasteiger partial charge in [0.05, 0.1) is 20.9 Å². The van der Waals surface area contributed by atoms with Crippen molar-refractivity contribution in [3.05, 3.63) is 74.1 Å². The number of hydrogen-bond donors (Lipinski definition) is 1. The van der Waals surface area contributed by atoms with Crippen LogP contribution >= 0.6 is 0 Å². The molecule has 23 heavy (non-hydrogen) atoms. The van der Waals surface area contributed by atoms with E-state index in [0.717, 1.165) is 5.56 Å². The number of hydrogen-bond acceptors (Lipinski definition) is 5. The highest BCUT2D eigenvalue weighted by Crippen LogP contribution is 2.20. The lowest BCUT2D eigenvalue weighted by Crippen LogP contribution is -1.86. The molecule has 0 aliphatic carbocycles. The maximum atomic E-state index is 10.7. The van der Waals surface area contributed by atoms with Gasteiger partial charge in [-0.05, 0) is 29.8 Å². The second-order valence-corrected chi connectivity index (χ2v) is 4.76. The molecule has 0 spiro atoms. The first kappa shape index (κ1) is 14.4. The number of aromatic amines is 1. The summed E-state index contributed by atoms with van der Waals surface area (Å²) in [5, 5.41) is 21.3. The SMILES string of the molecule is O=[N+]([O-])c1ccc(/C=C/c2nc3ccc([N+](=O)[O-])cc3[nH]2)cc1. The summed E-state index contributed by atoms with van der Waals surface area (Å²) in [5.41, 5.74) is 1.99. The molecule has 0 atom stereocenters. The lowest BCUT2D eigenvalue weighted by molar-refractivity contribution is -0.385. The molecule has 1 heterocycles. The van der Waals surface area contributed by atoms with Crippen molar-refractivity contribution in [3.8, 4) is 0 Å².